The van der Waals surface area contributed by atoms with Crippen LogP contribution >= 0.6 is 23.1 Å². The fourth-order valence-electron chi connectivity index (χ4n) is 4.44. The number of thioether (sulfide) groups is 1. The summed E-state index contributed by atoms with van der Waals surface area (Å²) < 4.78 is 22.4. The molecule has 0 bridgehead atoms. The second kappa shape index (κ2) is 12.7. The lowest BCUT2D eigenvalue weighted by Gasteiger charge is -2.34. The Morgan fingerprint density at radius 1 is 1.19 bits per heavy atom. The summed E-state index contributed by atoms with van der Waals surface area (Å²) in [7, 11) is 0. The van der Waals surface area contributed by atoms with E-state index in [1.165, 1.54) is 34.7 Å². The Morgan fingerprint density at radius 3 is 2.54 bits per heavy atom. The summed E-state index contributed by atoms with van der Waals surface area (Å²) in [5.41, 5.74) is 2.24. The number of aryl methyl sites for hydroxylation is 1. The summed E-state index contributed by atoms with van der Waals surface area (Å²) in [6.45, 7) is 10.1. The molecule has 198 valence electrons. The van der Waals surface area contributed by atoms with Gasteiger partial charge in [-0.2, -0.15) is 0 Å². The van der Waals surface area contributed by atoms with E-state index in [2.05, 4.69) is 38.8 Å². The third-order valence-corrected chi connectivity index (χ3v) is 8.02. The molecule has 4 heterocycles. The van der Waals surface area contributed by atoms with Crippen LogP contribution in [0.5, 0.6) is 5.19 Å². The number of hydrogen-bond acceptors (Lipinski definition) is 8. The van der Waals surface area contributed by atoms with E-state index >= 15 is 0 Å². The summed E-state index contributed by atoms with van der Waals surface area (Å²) in [6, 6.07) is 5.21. The second-order valence-electron chi connectivity index (χ2n) is 8.86. The molecular weight excluding hydrogens is 507 g/mol. The average molecular weight is 543 g/mol. The van der Waals surface area contributed by atoms with Crippen molar-refractivity contribution in [1.29, 1.82) is 0 Å². The Bertz CT molecular complexity index is 1250. The maximum atomic E-state index is 14.5. The van der Waals surface area contributed by atoms with Crippen molar-refractivity contribution in [2.24, 2.45) is 5.92 Å². The number of rotatable bonds is 8. The third-order valence-electron chi connectivity index (χ3n) is 6.48. The Labute approximate surface area is 226 Å². The number of benzene rings is 1. The Kier molecular flexibility index (Phi) is 9.37. The fourth-order valence-corrected chi connectivity index (χ4v) is 5.68. The lowest BCUT2D eigenvalue weighted by atomic mass is 9.92. The van der Waals surface area contributed by atoms with E-state index in [0.29, 0.717) is 27.3 Å². The van der Waals surface area contributed by atoms with Gasteiger partial charge >= 0.3 is 0 Å². The lowest BCUT2D eigenvalue weighted by molar-refractivity contribution is 0.131. The molecule has 10 heteroatoms. The molecule has 0 amide bonds. The van der Waals surface area contributed by atoms with Crippen LogP contribution in [0.1, 0.15) is 52.5 Å². The van der Waals surface area contributed by atoms with Crippen LogP contribution < -0.4 is 9.64 Å². The monoisotopic (exact) mass is 542 g/mol. The van der Waals surface area contributed by atoms with Crippen LogP contribution in [-0.4, -0.2) is 50.0 Å². The SMILES string of the molecule is CC.CCCc1cnc(N2CCC(C(C)Oc3nn4cc(-c5ccc(SC)cc5F)nc4s3)CC2)nc1. The van der Waals surface area contributed by atoms with E-state index in [-0.39, 0.29) is 11.9 Å². The first kappa shape index (κ1) is 27.3. The van der Waals surface area contributed by atoms with Crippen molar-refractivity contribution in [2.45, 2.75) is 64.4 Å². The molecule has 0 spiro atoms. The molecule has 1 saturated heterocycles. The molecule has 5 rings (SSSR count). The molecule has 37 heavy (non-hydrogen) atoms. The number of ether oxygens (including phenoxy) is 1. The standard InChI is InChI=1S/C25H29FN6OS2.C2H6/c1-4-5-17-13-27-23(28-14-17)31-10-8-18(9-11-31)16(2)33-25-30-32-15-22(29-24(32)35-25)20-7-6-19(34-3)12-21(20)26;1-2/h6-7,12-16,18H,4-5,8-11H2,1-3H3;1-2H3. The molecular formula is C27H35FN6OS2. The first-order valence-electron chi connectivity index (χ1n) is 13.0. The van der Waals surface area contributed by atoms with Crippen LogP contribution in [-0.2, 0) is 6.42 Å². The Hall–Kier alpha value is -2.72. The van der Waals surface area contributed by atoms with E-state index in [4.69, 9.17) is 4.74 Å². The minimum absolute atomic E-state index is 0.0388. The van der Waals surface area contributed by atoms with Crippen LogP contribution in [0.4, 0.5) is 10.3 Å². The molecule has 3 aromatic heterocycles. The number of anilines is 1. The first-order chi connectivity index (χ1) is 18.0. The lowest BCUT2D eigenvalue weighted by Crippen LogP contribution is -2.39. The number of halogens is 1. The van der Waals surface area contributed by atoms with Crippen LogP contribution in [0.2, 0.25) is 0 Å². The molecule has 0 radical (unpaired) electrons. The van der Waals surface area contributed by atoms with Crippen LogP contribution in [0, 0.1) is 11.7 Å². The van der Waals surface area contributed by atoms with Crippen molar-refractivity contribution in [3.63, 3.8) is 0 Å². The highest BCUT2D eigenvalue weighted by atomic mass is 32.2. The van der Waals surface area contributed by atoms with Gasteiger partial charge in [-0.3, -0.25) is 0 Å². The van der Waals surface area contributed by atoms with Gasteiger partial charge in [-0.1, -0.05) is 27.2 Å². The van der Waals surface area contributed by atoms with Gasteiger partial charge in [0.15, 0.2) is 0 Å². The molecule has 1 fully saturated rings. The van der Waals surface area contributed by atoms with Gasteiger partial charge < -0.3 is 9.64 Å². The maximum absolute atomic E-state index is 14.5. The zero-order valence-corrected chi connectivity index (χ0v) is 23.8. The average Bonchev–Trinajstić information content (AvgIpc) is 3.49. The summed E-state index contributed by atoms with van der Waals surface area (Å²) >= 11 is 2.90. The largest absolute Gasteiger partial charge is 0.466 e. The Balaban J connectivity index is 0.00000156. The van der Waals surface area contributed by atoms with E-state index in [0.717, 1.165) is 49.6 Å². The zero-order chi connectivity index (χ0) is 26.4. The predicted molar refractivity (Wildman–Crippen MR) is 150 cm³/mol. The summed E-state index contributed by atoms with van der Waals surface area (Å²) in [4.78, 5) is 17.5. The summed E-state index contributed by atoms with van der Waals surface area (Å²) in [5, 5.41) is 5.12. The molecule has 1 atom stereocenters. The topological polar surface area (TPSA) is 68.4 Å². The number of fused-ring (bicyclic) bond motifs is 1. The van der Waals surface area contributed by atoms with Crippen molar-refractivity contribution in [3.05, 3.63) is 48.2 Å². The van der Waals surface area contributed by atoms with Crippen molar-refractivity contribution in [3.8, 4) is 16.5 Å². The highest BCUT2D eigenvalue weighted by Gasteiger charge is 2.27. The molecule has 4 aromatic rings. The molecule has 0 saturated carbocycles. The number of piperidine rings is 1. The minimum Gasteiger partial charge on any atom is -0.466 e. The predicted octanol–water partition coefficient (Wildman–Crippen LogP) is 6.77. The first-order valence-corrected chi connectivity index (χ1v) is 15.0. The van der Waals surface area contributed by atoms with Crippen LogP contribution in [0.25, 0.3) is 16.2 Å². The summed E-state index contributed by atoms with van der Waals surface area (Å²) in [6.07, 6.45) is 11.8. The number of nitrogens with zero attached hydrogens (tertiary/aromatic N) is 6. The number of aromatic nitrogens is 5. The van der Waals surface area contributed by atoms with Crippen molar-refractivity contribution in [1.82, 2.24) is 24.6 Å². The quantitative estimate of drug-likeness (QED) is 0.228. The Morgan fingerprint density at radius 2 is 1.92 bits per heavy atom. The second-order valence-corrected chi connectivity index (χ2v) is 10.7. The number of hydrogen-bond donors (Lipinski definition) is 0. The normalized spacial score (nSPS) is 14.9. The molecule has 1 aromatic carbocycles. The smallest absolute Gasteiger partial charge is 0.294 e. The van der Waals surface area contributed by atoms with Crippen LogP contribution in [0.3, 0.4) is 0 Å². The van der Waals surface area contributed by atoms with E-state index in [1.54, 1.807) is 16.8 Å². The van der Waals surface area contributed by atoms with Gasteiger partial charge in [-0.15, -0.1) is 16.9 Å². The van der Waals surface area contributed by atoms with Crippen molar-refractivity contribution in [2.75, 3.05) is 24.2 Å². The maximum Gasteiger partial charge on any atom is 0.294 e. The molecule has 7 nitrogen and oxygen atoms in total. The summed E-state index contributed by atoms with van der Waals surface area (Å²) in [5.74, 6) is 0.969. The third kappa shape index (κ3) is 6.41. The van der Waals surface area contributed by atoms with Crippen LogP contribution in [0.15, 0.2) is 41.7 Å². The number of imidazole rings is 1. The van der Waals surface area contributed by atoms with E-state index in [1.807, 2.05) is 38.6 Å². The van der Waals surface area contributed by atoms with Gasteiger partial charge in [0, 0.05) is 35.9 Å². The zero-order valence-electron chi connectivity index (χ0n) is 22.1. The van der Waals surface area contributed by atoms with Gasteiger partial charge in [0.2, 0.25) is 10.9 Å². The molecule has 0 N–H and O–H groups in total. The molecule has 1 aliphatic heterocycles. The van der Waals surface area contributed by atoms with E-state index < -0.39 is 0 Å². The fraction of sp³-hybridized carbons (Fsp3) is 0.481. The molecule has 1 unspecified atom stereocenters. The van der Waals surface area contributed by atoms with Crippen molar-refractivity contribution >= 4 is 34.0 Å². The molecule has 1 aliphatic rings. The minimum atomic E-state index is -0.277. The molecule has 0 aliphatic carbocycles. The van der Waals surface area contributed by atoms with Crippen molar-refractivity contribution < 1.29 is 9.13 Å². The van der Waals surface area contributed by atoms with Gasteiger partial charge in [0.05, 0.1) is 11.9 Å². The van der Waals surface area contributed by atoms with Gasteiger partial charge in [-0.05, 0) is 73.5 Å². The van der Waals surface area contributed by atoms with Gasteiger partial charge in [0.1, 0.15) is 11.9 Å². The highest BCUT2D eigenvalue weighted by molar-refractivity contribution is 7.98. The van der Waals surface area contributed by atoms with Gasteiger partial charge in [0.25, 0.3) is 5.19 Å². The van der Waals surface area contributed by atoms with E-state index in [9.17, 15) is 4.39 Å². The highest BCUT2D eigenvalue weighted by Crippen LogP contribution is 2.31. The van der Waals surface area contributed by atoms with Gasteiger partial charge in [-0.25, -0.2) is 23.9 Å².